The van der Waals surface area contributed by atoms with E-state index in [1.807, 2.05) is 6.92 Å². The minimum atomic E-state index is -0.809. The fourth-order valence-electron chi connectivity index (χ4n) is 3.15. The topological polar surface area (TPSA) is 44.9 Å². The summed E-state index contributed by atoms with van der Waals surface area (Å²) in [5.41, 5.74) is 3.75. The summed E-state index contributed by atoms with van der Waals surface area (Å²) >= 11 is 0. The number of aromatic amines is 1. The molecule has 1 aliphatic rings. The maximum absolute atomic E-state index is 12.5. The summed E-state index contributed by atoms with van der Waals surface area (Å²) < 4.78 is 0. The number of rotatable bonds is 3. The first kappa shape index (κ1) is 19.5. The number of ketones is 1. The number of aromatic nitrogens is 1. The SMILES string of the molecule is [CH2-][C@@]1(C(=O)CCC)NCCc2c1[nH]c1ccc(C)cc21.[CH3-].[Y]. The fraction of sp³-hybridized carbons (Fsp3) is 0.389. The molecule has 0 amide bonds. The van der Waals surface area contributed by atoms with Gasteiger partial charge >= 0.3 is 0 Å². The van der Waals surface area contributed by atoms with Crippen LogP contribution in [0.5, 0.6) is 0 Å². The Morgan fingerprint density at radius 3 is 2.82 bits per heavy atom. The van der Waals surface area contributed by atoms with Crippen LogP contribution in [0.3, 0.4) is 0 Å². The predicted molar refractivity (Wildman–Crippen MR) is 88.1 cm³/mol. The average Bonchev–Trinajstić information content (AvgIpc) is 2.79. The summed E-state index contributed by atoms with van der Waals surface area (Å²) in [5.74, 6) is 0.171. The van der Waals surface area contributed by atoms with Gasteiger partial charge < -0.3 is 29.4 Å². The Labute approximate surface area is 158 Å². The first-order valence-electron chi connectivity index (χ1n) is 7.31. The second-order valence-electron chi connectivity index (χ2n) is 5.78. The van der Waals surface area contributed by atoms with Gasteiger partial charge in [0.2, 0.25) is 0 Å². The molecule has 2 heterocycles. The molecule has 2 aromatic rings. The molecule has 1 aromatic carbocycles. The Kier molecular flexibility index (Phi) is 6.55. The van der Waals surface area contributed by atoms with Crippen molar-refractivity contribution in [3.05, 3.63) is 49.4 Å². The standard InChI is InChI=1S/C17H21N2O.CH3.Y/c1-4-5-15(20)17(3)16-12(8-9-18-17)13-10-11(2)6-7-14(13)19-16;;/h6-7,10,18-19H,3-5,8-9H2,1-2H3;1H3;/q2*-1;/t17-;;/m0../s1. The third-order valence-corrected chi connectivity index (χ3v) is 4.24. The van der Waals surface area contributed by atoms with Crippen molar-refractivity contribution in [2.45, 2.75) is 38.6 Å². The smallest absolute Gasteiger partial charge is 0.128 e. The number of Topliss-reactive ketones (excluding diaryl/α,β-unsaturated/α-hetero) is 1. The minimum Gasteiger partial charge on any atom is -0.359 e. The molecule has 0 saturated heterocycles. The molecule has 1 atom stereocenters. The van der Waals surface area contributed by atoms with E-state index < -0.39 is 5.54 Å². The van der Waals surface area contributed by atoms with Gasteiger partial charge in [-0.2, -0.15) is 0 Å². The summed E-state index contributed by atoms with van der Waals surface area (Å²) in [6.07, 6.45) is 2.35. The predicted octanol–water partition coefficient (Wildman–Crippen LogP) is 3.47. The molecule has 0 aliphatic carbocycles. The molecular weight excluding hydrogens is 349 g/mol. The van der Waals surface area contributed by atoms with Gasteiger partial charge in [-0.25, -0.2) is 0 Å². The summed E-state index contributed by atoms with van der Waals surface area (Å²) in [6.45, 7) is 9.14. The molecule has 3 nitrogen and oxygen atoms in total. The summed E-state index contributed by atoms with van der Waals surface area (Å²) in [5, 5.41) is 4.55. The summed E-state index contributed by atoms with van der Waals surface area (Å²) in [7, 11) is 0. The molecule has 3 rings (SSSR count). The fourth-order valence-corrected chi connectivity index (χ4v) is 3.15. The van der Waals surface area contributed by atoms with E-state index >= 15 is 0 Å². The van der Waals surface area contributed by atoms with E-state index in [0.717, 1.165) is 30.6 Å². The molecule has 0 spiro atoms. The number of hydrogen-bond donors (Lipinski definition) is 2. The maximum Gasteiger partial charge on any atom is 0.128 e. The van der Waals surface area contributed by atoms with Crippen molar-refractivity contribution >= 4 is 16.7 Å². The van der Waals surface area contributed by atoms with E-state index in [4.69, 9.17) is 0 Å². The Bertz CT molecular complexity index is 677. The number of carbonyl (C=O) groups excluding carboxylic acids is 1. The number of nitrogens with one attached hydrogen (secondary N) is 2. The average molecular weight is 373 g/mol. The molecule has 1 aliphatic heterocycles. The third kappa shape index (κ3) is 3.08. The number of H-pyrrole nitrogens is 1. The van der Waals surface area contributed by atoms with E-state index in [1.165, 1.54) is 16.5 Å². The zero-order chi connectivity index (χ0) is 14.3. The van der Waals surface area contributed by atoms with Crippen molar-refractivity contribution in [2.75, 3.05) is 6.54 Å². The maximum atomic E-state index is 12.5. The molecule has 0 fully saturated rings. The Morgan fingerprint density at radius 2 is 2.14 bits per heavy atom. The van der Waals surface area contributed by atoms with Crippen LogP contribution in [0.15, 0.2) is 18.2 Å². The van der Waals surface area contributed by atoms with Crippen LogP contribution in [0.25, 0.3) is 10.9 Å². The zero-order valence-corrected chi connectivity index (χ0v) is 16.6. The molecule has 2 N–H and O–H groups in total. The number of carbonyl (C=O) groups is 1. The van der Waals surface area contributed by atoms with E-state index in [9.17, 15) is 4.79 Å². The summed E-state index contributed by atoms with van der Waals surface area (Å²) in [6, 6.07) is 6.38. The normalized spacial score (nSPS) is 20.0. The van der Waals surface area contributed by atoms with E-state index in [1.54, 1.807) is 0 Å². The van der Waals surface area contributed by atoms with Gasteiger partial charge in [-0.3, -0.25) is 0 Å². The zero-order valence-electron chi connectivity index (χ0n) is 13.8. The van der Waals surface area contributed by atoms with Crippen molar-refractivity contribution < 1.29 is 37.5 Å². The van der Waals surface area contributed by atoms with Crippen molar-refractivity contribution in [1.82, 2.24) is 10.3 Å². The van der Waals surface area contributed by atoms with Crippen LogP contribution >= 0.6 is 0 Å². The van der Waals surface area contributed by atoms with Gasteiger partial charge in [0.05, 0.1) is 0 Å². The second-order valence-corrected chi connectivity index (χ2v) is 5.78. The molecule has 117 valence electrons. The number of fused-ring (bicyclic) bond motifs is 3. The Morgan fingerprint density at radius 1 is 1.41 bits per heavy atom. The van der Waals surface area contributed by atoms with Crippen molar-refractivity contribution in [3.63, 3.8) is 0 Å². The molecule has 0 bridgehead atoms. The molecule has 4 heteroatoms. The first-order valence-corrected chi connectivity index (χ1v) is 7.31. The van der Waals surface area contributed by atoms with Gasteiger partial charge in [0.1, 0.15) is 5.78 Å². The van der Waals surface area contributed by atoms with E-state index in [2.05, 4.69) is 42.3 Å². The third-order valence-electron chi connectivity index (χ3n) is 4.24. The van der Waals surface area contributed by atoms with Gasteiger partial charge in [-0.15, -0.1) is 0 Å². The van der Waals surface area contributed by atoms with Crippen LogP contribution in [0.2, 0.25) is 0 Å². The summed E-state index contributed by atoms with van der Waals surface area (Å²) in [4.78, 5) is 15.9. The molecule has 0 saturated carbocycles. The molecule has 0 unspecified atom stereocenters. The van der Waals surface area contributed by atoms with Crippen LogP contribution in [0.1, 0.15) is 36.6 Å². The molecular formula is C18H24N2OY-2. The van der Waals surface area contributed by atoms with Crippen molar-refractivity contribution in [3.8, 4) is 0 Å². The van der Waals surface area contributed by atoms with Crippen LogP contribution in [0.4, 0.5) is 0 Å². The van der Waals surface area contributed by atoms with Crippen molar-refractivity contribution in [2.24, 2.45) is 0 Å². The van der Waals surface area contributed by atoms with E-state index in [-0.39, 0.29) is 45.9 Å². The minimum absolute atomic E-state index is 0. The van der Waals surface area contributed by atoms with Gasteiger partial charge in [0.25, 0.3) is 0 Å². The van der Waals surface area contributed by atoms with Crippen LogP contribution in [0, 0.1) is 21.3 Å². The number of hydrogen-bond acceptors (Lipinski definition) is 2. The first-order chi connectivity index (χ1) is 9.56. The molecule has 1 aromatic heterocycles. The van der Waals surface area contributed by atoms with Gasteiger partial charge in [-0.1, -0.05) is 18.6 Å². The largest absolute Gasteiger partial charge is 0.359 e. The van der Waals surface area contributed by atoms with Gasteiger partial charge in [0.15, 0.2) is 0 Å². The second kappa shape index (κ2) is 7.38. The van der Waals surface area contributed by atoms with Gasteiger partial charge in [-0.05, 0) is 49.5 Å². The molecule has 1 radical (unpaired) electrons. The van der Waals surface area contributed by atoms with Crippen molar-refractivity contribution in [1.29, 1.82) is 0 Å². The Hall–Kier alpha value is -0.506. The Balaban J connectivity index is 0.00000121. The van der Waals surface area contributed by atoms with E-state index in [0.29, 0.717) is 6.42 Å². The monoisotopic (exact) mass is 373 g/mol. The van der Waals surface area contributed by atoms with Crippen LogP contribution < -0.4 is 5.32 Å². The molecule has 22 heavy (non-hydrogen) atoms. The van der Waals surface area contributed by atoms with Crippen LogP contribution in [-0.2, 0) is 49.5 Å². The van der Waals surface area contributed by atoms with Crippen LogP contribution in [-0.4, -0.2) is 17.3 Å². The number of aryl methyl sites for hydroxylation is 1. The van der Waals surface area contributed by atoms with Gasteiger partial charge in [0, 0.05) is 55.7 Å². The number of benzene rings is 1. The quantitative estimate of drug-likeness (QED) is 0.810.